The third-order valence-electron chi connectivity index (χ3n) is 1.85. The monoisotopic (exact) mass is 201 g/mol. The Morgan fingerprint density at radius 2 is 1.77 bits per heavy atom. The predicted octanol–water partition coefficient (Wildman–Crippen LogP) is 1.22. The van der Waals surface area contributed by atoms with Crippen LogP contribution in [0.3, 0.4) is 0 Å². The van der Waals surface area contributed by atoms with E-state index in [1.54, 1.807) is 24.3 Å². The second-order valence-corrected chi connectivity index (χ2v) is 4.56. The fraction of sp³-hybridized carbons (Fsp3) is 0.250. The molecule has 1 atom stereocenters. The zero-order valence-corrected chi connectivity index (χ0v) is 7.95. The number of hydrogen-bond donors (Lipinski definition) is 2. The van der Waals surface area contributed by atoms with E-state index in [-0.39, 0.29) is 0 Å². The number of benzene rings is 1. The lowest BCUT2D eigenvalue weighted by molar-refractivity contribution is 0.472. The summed E-state index contributed by atoms with van der Waals surface area (Å²) in [5.74, 6) is 0. The van der Waals surface area contributed by atoms with Gasteiger partial charge in [-0.2, -0.15) is 8.42 Å². The topological polar surface area (TPSA) is 80.4 Å². The molecule has 1 unspecified atom stereocenters. The molecule has 3 N–H and O–H groups in total. The lowest BCUT2D eigenvalue weighted by Crippen LogP contribution is -2.08. The zero-order valence-electron chi connectivity index (χ0n) is 7.14. The molecule has 0 heterocycles. The molecule has 0 aliphatic carbocycles. The van der Waals surface area contributed by atoms with E-state index in [0.29, 0.717) is 11.3 Å². The maximum absolute atomic E-state index is 10.7. The van der Waals surface area contributed by atoms with Crippen molar-refractivity contribution in [2.75, 3.05) is 5.73 Å². The molecule has 0 fully saturated rings. The van der Waals surface area contributed by atoms with Crippen molar-refractivity contribution in [3.05, 3.63) is 29.8 Å². The maximum Gasteiger partial charge on any atom is 0.271 e. The van der Waals surface area contributed by atoms with Gasteiger partial charge in [0.05, 0.1) is 0 Å². The zero-order chi connectivity index (χ0) is 10.1. The Morgan fingerprint density at radius 3 is 2.15 bits per heavy atom. The summed E-state index contributed by atoms with van der Waals surface area (Å²) in [5.41, 5.74) is 6.51. The molecule has 0 aliphatic rings. The van der Waals surface area contributed by atoms with Crippen LogP contribution in [0.1, 0.15) is 17.7 Å². The van der Waals surface area contributed by atoms with Crippen LogP contribution < -0.4 is 5.73 Å². The van der Waals surface area contributed by atoms with Gasteiger partial charge >= 0.3 is 0 Å². The summed E-state index contributed by atoms with van der Waals surface area (Å²) in [7, 11) is -4.01. The fourth-order valence-electron chi connectivity index (χ4n) is 0.939. The molecular weight excluding hydrogens is 190 g/mol. The van der Waals surface area contributed by atoms with Crippen molar-refractivity contribution in [3.8, 4) is 0 Å². The fourth-order valence-corrected chi connectivity index (χ4v) is 1.44. The van der Waals surface area contributed by atoms with Gasteiger partial charge in [0.25, 0.3) is 10.1 Å². The molecule has 0 amide bonds. The molecule has 1 rings (SSSR count). The van der Waals surface area contributed by atoms with Crippen LogP contribution in [-0.2, 0) is 10.1 Å². The Hall–Kier alpha value is -1.07. The van der Waals surface area contributed by atoms with Gasteiger partial charge in [0.15, 0.2) is 0 Å². The Balaban J connectivity index is 3.04. The third-order valence-corrected chi connectivity index (χ3v) is 3.02. The number of nitrogen functional groups attached to an aromatic ring is 1. The summed E-state index contributed by atoms with van der Waals surface area (Å²) in [5, 5.41) is -0.909. The summed E-state index contributed by atoms with van der Waals surface area (Å²) >= 11 is 0. The van der Waals surface area contributed by atoms with Crippen molar-refractivity contribution in [1.82, 2.24) is 0 Å². The molecule has 1 aromatic rings. The molecule has 4 nitrogen and oxygen atoms in total. The van der Waals surface area contributed by atoms with Gasteiger partial charge in [0, 0.05) is 5.69 Å². The lowest BCUT2D eigenvalue weighted by atomic mass is 10.1. The van der Waals surface area contributed by atoms with E-state index in [9.17, 15) is 8.42 Å². The SMILES string of the molecule is CC(c1ccc(N)cc1)S(=O)(=O)O. The van der Waals surface area contributed by atoms with Gasteiger partial charge in [-0.25, -0.2) is 0 Å². The molecule has 0 saturated carbocycles. The van der Waals surface area contributed by atoms with Gasteiger partial charge in [-0.3, -0.25) is 4.55 Å². The molecule has 72 valence electrons. The maximum atomic E-state index is 10.7. The van der Waals surface area contributed by atoms with Crippen LogP contribution in [0.4, 0.5) is 5.69 Å². The number of hydrogen-bond acceptors (Lipinski definition) is 3. The van der Waals surface area contributed by atoms with E-state index in [1.807, 2.05) is 0 Å². The molecule has 1 aromatic carbocycles. The molecule has 5 heteroatoms. The van der Waals surface area contributed by atoms with Gasteiger partial charge in [-0.15, -0.1) is 0 Å². The van der Waals surface area contributed by atoms with Crippen LogP contribution >= 0.6 is 0 Å². The minimum absolute atomic E-state index is 0.525. The average Bonchev–Trinajstić information content (AvgIpc) is 2.03. The number of nitrogens with two attached hydrogens (primary N) is 1. The molecule has 0 radical (unpaired) electrons. The highest BCUT2D eigenvalue weighted by atomic mass is 32.2. The summed E-state index contributed by atoms with van der Waals surface area (Å²) in [6.07, 6.45) is 0. The normalized spacial score (nSPS) is 14.0. The first-order valence-electron chi connectivity index (χ1n) is 3.73. The van der Waals surface area contributed by atoms with Crippen molar-refractivity contribution in [2.45, 2.75) is 12.2 Å². The standard InChI is InChI=1S/C8H11NO3S/c1-6(13(10,11)12)7-2-4-8(9)5-3-7/h2-6H,9H2,1H3,(H,10,11,12). The number of anilines is 1. The van der Waals surface area contributed by atoms with Gasteiger partial charge < -0.3 is 5.73 Å². The Labute approximate surface area is 77.1 Å². The van der Waals surface area contributed by atoms with Crippen LogP contribution in [0.25, 0.3) is 0 Å². The van der Waals surface area contributed by atoms with Gasteiger partial charge in [-0.05, 0) is 24.6 Å². The Kier molecular flexibility index (Phi) is 2.58. The van der Waals surface area contributed by atoms with Crippen LogP contribution in [0, 0.1) is 0 Å². The Morgan fingerprint density at radius 1 is 1.31 bits per heavy atom. The number of rotatable bonds is 2. The van der Waals surface area contributed by atoms with Crippen LogP contribution in [0.2, 0.25) is 0 Å². The quantitative estimate of drug-likeness (QED) is 0.557. The smallest absolute Gasteiger partial charge is 0.271 e. The predicted molar refractivity (Wildman–Crippen MR) is 50.8 cm³/mol. The van der Waals surface area contributed by atoms with Crippen molar-refractivity contribution >= 4 is 15.8 Å². The van der Waals surface area contributed by atoms with Crippen molar-refractivity contribution in [2.24, 2.45) is 0 Å². The summed E-state index contributed by atoms with van der Waals surface area (Å²) < 4.78 is 30.2. The first-order valence-corrected chi connectivity index (χ1v) is 5.23. The van der Waals surface area contributed by atoms with E-state index < -0.39 is 15.4 Å². The molecule has 0 spiro atoms. The molecule has 13 heavy (non-hydrogen) atoms. The molecule has 0 aliphatic heterocycles. The van der Waals surface area contributed by atoms with E-state index in [1.165, 1.54) is 6.92 Å². The molecule has 0 saturated heterocycles. The minimum atomic E-state index is -4.01. The molecule has 0 aromatic heterocycles. The average molecular weight is 201 g/mol. The highest BCUT2D eigenvalue weighted by molar-refractivity contribution is 7.86. The van der Waals surface area contributed by atoms with Crippen LogP contribution in [0.15, 0.2) is 24.3 Å². The second-order valence-electron chi connectivity index (χ2n) is 2.82. The summed E-state index contributed by atoms with van der Waals surface area (Å²) in [6.45, 7) is 1.42. The molecule has 0 bridgehead atoms. The lowest BCUT2D eigenvalue weighted by Gasteiger charge is -2.07. The van der Waals surface area contributed by atoms with E-state index in [0.717, 1.165) is 0 Å². The summed E-state index contributed by atoms with van der Waals surface area (Å²) in [6, 6.07) is 6.34. The van der Waals surface area contributed by atoms with Gasteiger partial charge in [0.1, 0.15) is 5.25 Å². The molecular formula is C8H11NO3S. The van der Waals surface area contributed by atoms with E-state index in [4.69, 9.17) is 10.3 Å². The van der Waals surface area contributed by atoms with Crippen molar-refractivity contribution in [1.29, 1.82) is 0 Å². The Bertz CT molecular complexity index is 382. The van der Waals surface area contributed by atoms with E-state index >= 15 is 0 Å². The van der Waals surface area contributed by atoms with Crippen molar-refractivity contribution in [3.63, 3.8) is 0 Å². The van der Waals surface area contributed by atoms with Crippen molar-refractivity contribution < 1.29 is 13.0 Å². The van der Waals surface area contributed by atoms with Gasteiger partial charge in [-0.1, -0.05) is 12.1 Å². The second kappa shape index (κ2) is 3.35. The van der Waals surface area contributed by atoms with Crippen LogP contribution in [0.5, 0.6) is 0 Å². The minimum Gasteiger partial charge on any atom is -0.399 e. The highest BCUT2D eigenvalue weighted by Gasteiger charge is 2.18. The van der Waals surface area contributed by atoms with E-state index in [2.05, 4.69) is 0 Å². The highest BCUT2D eigenvalue weighted by Crippen LogP contribution is 2.21. The van der Waals surface area contributed by atoms with Crippen LogP contribution in [-0.4, -0.2) is 13.0 Å². The van der Waals surface area contributed by atoms with Gasteiger partial charge in [0.2, 0.25) is 0 Å². The summed E-state index contributed by atoms with van der Waals surface area (Å²) in [4.78, 5) is 0. The first-order chi connectivity index (χ1) is 5.91. The third kappa shape index (κ3) is 2.43. The largest absolute Gasteiger partial charge is 0.399 e. The first kappa shape index (κ1) is 10.0.